The molecule has 2 aromatic rings. The highest BCUT2D eigenvalue weighted by Crippen LogP contribution is 2.37. The van der Waals surface area contributed by atoms with E-state index in [0.717, 1.165) is 6.20 Å². The Labute approximate surface area is 115 Å². The quantitative estimate of drug-likeness (QED) is 0.935. The number of ether oxygens (including phenoxy) is 1. The van der Waals surface area contributed by atoms with Crippen molar-refractivity contribution in [3.63, 3.8) is 0 Å². The molecule has 0 saturated heterocycles. The second-order valence-corrected chi connectivity index (χ2v) is 4.42. The molecule has 1 unspecified atom stereocenters. The summed E-state index contributed by atoms with van der Waals surface area (Å²) in [6, 6.07) is 6.47. The van der Waals surface area contributed by atoms with E-state index in [1.54, 1.807) is 6.92 Å². The first-order chi connectivity index (χ1) is 9.51. The number of aromatic nitrogens is 1. The van der Waals surface area contributed by atoms with Crippen LogP contribution in [0.3, 0.4) is 0 Å². The van der Waals surface area contributed by atoms with Crippen molar-refractivity contribution in [2.75, 3.05) is 7.11 Å². The highest BCUT2D eigenvalue weighted by atomic mass is 19.1. The summed E-state index contributed by atoms with van der Waals surface area (Å²) >= 11 is 0. The predicted octanol–water partition coefficient (Wildman–Crippen LogP) is 3.01. The fourth-order valence-electron chi connectivity index (χ4n) is 2.13. The van der Waals surface area contributed by atoms with Crippen LogP contribution in [0.5, 0.6) is 5.75 Å². The van der Waals surface area contributed by atoms with Gasteiger partial charge in [0, 0.05) is 5.56 Å². The van der Waals surface area contributed by atoms with Crippen LogP contribution >= 0.6 is 0 Å². The number of hydrogen-bond donors (Lipinski definition) is 1. The molecule has 0 radical (unpaired) electrons. The first-order valence-electron chi connectivity index (χ1n) is 6.19. The van der Waals surface area contributed by atoms with Crippen molar-refractivity contribution in [2.45, 2.75) is 18.9 Å². The van der Waals surface area contributed by atoms with E-state index >= 15 is 0 Å². The molecule has 0 spiro atoms. The average molecular weight is 279 g/mol. The van der Waals surface area contributed by atoms with E-state index in [4.69, 9.17) is 4.74 Å². The van der Waals surface area contributed by atoms with Crippen LogP contribution in [0.15, 0.2) is 36.5 Å². The molecule has 5 heteroatoms. The van der Waals surface area contributed by atoms with Gasteiger partial charge in [-0.1, -0.05) is 6.92 Å². The summed E-state index contributed by atoms with van der Waals surface area (Å²) in [5.74, 6) is -0.643. The molecular weight excluding hydrogens is 264 g/mol. The molecule has 20 heavy (non-hydrogen) atoms. The molecule has 1 atom stereocenters. The lowest BCUT2D eigenvalue weighted by atomic mass is 9.86. The molecule has 1 aromatic heterocycles. The molecule has 0 saturated carbocycles. The third-order valence-electron chi connectivity index (χ3n) is 3.27. The smallest absolute Gasteiger partial charge is 0.141 e. The fourth-order valence-corrected chi connectivity index (χ4v) is 2.13. The maximum Gasteiger partial charge on any atom is 0.141 e. The molecular formula is C15H15F2NO2. The molecule has 1 heterocycles. The van der Waals surface area contributed by atoms with Crippen molar-refractivity contribution < 1.29 is 18.6 Å². The zero-order valence-corrected chi connectivity index (χ0v) is 11.2. The van der Waals surface area contributed by atoms with Gasteiger partial charge in [-0.25, -0.2) is 8.78 Å². The molecule has 106 valence electrons. The largest absolute Gasteiger partial charge is 0.496 e. The van der Waals surface area contributed by atoms with Gasteiger partial charge in [0.25, 0.3) is 0 Å². The molecule has 0 aliphatic heterocycles. The van der Waals surface area contributed by atoms with Crippen LogP contribution in [0.2, 0.25) is 0 Å². The van der Waals surface area contributed by atoms with Crippen molar-refractivity contribution in [3.05, 3.63) is 59.4 Å². The van der Waals surface area contributed by atoms with E-state index in [0.29, 0.717) is 5.75 Å². The van der Waals surface area contributed by atoms with Gasteiger partial charge in [0.1, 0.15) is 23.0 Å². The maximum atomic E-state index is 13.5. The van der Waals surface area contributed by atoms with E-state index < -0.39 is 17.2 Å². The summed E-state index contributed by atoms with van der Waals surface area (Å²) in [5, 5.41) is 10.9. The number of halogens is 2. The molecule has 2 rings (SSSR count). The van der Waals surface area contributed by atoms with Gasteiger partial charge in [-0.05, 0) is 36.8 Å². The minimum absolute atomic E-state index is 0.241. The van der Waals surface area contributed by atoms with Crippen LogP contribution in [0.4, 0.5) is 8.78 Å². The first-order valence-corrected chi connectivity index (χ1v) is 6.19. The van der Waals surface area contributed by atoms with Gasteiger partial charge in [-0.15, -0.1) is 0 Å². The number of rotatable bonds is 4. The monoisotopic (exact) mass is 279 g/mol. The second-order valence-electron chi connectivity index (χ2n) is 4.42. The summed E-state index contributed by atoms with van der Waals surface area (Å²) in [6.07, 6.45) is 1.26. The van der Waals surface area contributed by atoms with E-state index in [9.17, 15) is 13.9 Å². The summed E-state index contributed by atoms with van der Waals surface area (Å²) < 4.78 is 31.6. The van der Waals surface area contributed by atoms with Gasteiger partial charge in [0.2, 0.25) is 0 Å². The topological polar surface area (TPSA) is 42.4 Å². The Morgan fingerprint density at radius 2 is 1.90 bits per heavy atom. The van der Waals surface area contributed by atoms with E-state index in [1.807, 2.05) is 0 Å². The van der Waals surface area contributed by atoms with E-state index in [-0.39, 0.29) is 17.7 Å². The Kier molecular flexibility index (Phi) is 3.99. The van der Waals surface area contributed by atoms with Crippen LogP contribution in [-0.4, -0.2) is 17.2 Å². The number of nitrogens with zero attached hydrogens (tertiary/aromatic N) is 1. The summed E-state index contributed by atoms with van der Waals surface area (Å²) in [5.41, 5.74) is -1.03. The van der Waals surface area contributed by atoms with Gasteiger partial charge in [-0.2, -0.15) is 0 Å². The lowest BCUT2D eigenvalue weighted by Gasteiger charge is -2.28. The van der Waals surface area contributed by atoms with Crippen LogP contribution in [0, 0.1) is 11.6 Å². The molecule has 1 N–H and O–H groups in total. The Bertz CT molecular complexity index is 601. The Hall–Kier alpha value is -2.01. The number of methoxy groups -OCH3 is 1. The Morgan fingerprint density at radius 1 is 1.20 bits per heavy atom. The zero-order chi connectivity index (χ0) is 14.8. The van der Waals surface area contributed by atoms with Crippen molar-refractivity contribution >= 4 is 0 Å². The summed E-state index contributed by atoms with van der Waals surface area (Å²) in [4.78, 5) is 3.90. The molecule has 0 bridgehead atoms. The third kappa shape index (κ3) is 2.49. The summed E-state index contributed by atoms with van der Waals surface area (Å²) in [6.45, 7) is 1.73. The molecule has 0 aliphatic rings. The van der Waals surface area contributed by atoms with Gasteiger partial charge in [-0.3, -0.25) is 4.98 Å². The summed E-state index contributed by atoms with van der Waals surface area (Å²) in [7, 11) is 1.44. The number of pyridine rings is 1. The van der Waals surface area contributed by atoms with Gasteiger partial charge < -0.3 is 9.84 Å². The van der Waals surface area contributed by atoms with Crippen molar-refractivity contribution in [3.8, 4) is 5.75 Å². The minimum Gasteiger partial charge on any atom is -0.496 e. The van der Waals surface area contributed by atoms with Crippen molar-refractivity contribution in [1.82, 2.24) is 4.98 Å². The number of benzene rings is 1. The molecule has 0 aliphatic carbocycles. The molecule has 0 fully saturated rings. The van der Waals surface area contributed by atoms with Crippen molar-refractivity contribution in [2.24, 2.45) is 0 Å². The van der Waals surface area contributed by atoms with Crippen LogP contribution < -0.4 is 4.74 Å². The highest BCUT2D eigenvalue weighted by molar-refractivity contribution is 5.43. The van der Waals surface area contributed by atoms with E-state index in [2.05, 4.69) is 4.98 Å². The normalized spacial score (nSPS) is 13.8. The van der Waals surface area contributed by atoms with Gasteiger partial charge in [0.15, 0.2) is 0 Å². The van der Waals surface area contributed by atoms with Crippen LogP contribution in [0.25, 0.3) is 0 Å². The lowest BCUT2D eigenvalue weighted by molar-refractivity contribution is 0.0686. The maximum absolute atomic E-state index is 13.5. The van der Waals surface area contributed by atoms with E-state index in [1.165, 1.54) is 37.4 Å². The average Bonchev–Trinajstić information content (AvgIpc) is 2.47. The lowest BCUT2D eigenvalue weighted by Crippen LogP contribution is -2.28. The number of aliphatic hydroxyl groups is 1. The van der Waals surface area contributed by atoms with Crippen LogP contribution in [0.1, 0.15) is 24.6 Å². The Balaban J connectivity index is 2.61. The standard InChI is InChI=1S/C15H15F2NO2/c1-3-15(19,14-7-5-11(17)9-18-14)12-8-10(16)4-6-13(12)20-2/h4-9,19H,3H2,1-2H3. The fraction of sp³-hybridized carbons (Fsp3) is 0.267. The second kappa shape index (κ2) is 5.54. The van der Waals surface area contributed by atoms with Crippen LogP contribution in [-0.2, 0) is 5.60 Å². The van der Waals surface area contributed by atoms with Gasteiger partial charge >= 0.3 is 0 Å². The van der Waals surface area contributed by atoms with Crippen molar-refractivity contribution in [1.29, 1.82) is 0 Å². The minimum atomic E-state index is -1.54. The highest BCUT2D eigenvalue weighted by Gasteiger charge is 2.34. The number of hydrogen-bond acceptors (Lipinski definition) is 3. The first kappa shape index (κ1) is 14.4. The Morgan fingerprint density at radius 3 is 2.45 bits per heavy atom. The molecule has 3 nitrogen and oxygen atoms in total. The SMILES string of the molecule is CCC(O)(c1ccc(F)cn1)c1cc(F)ccc1OC. The molecule has 1 aromatic carbocycles. The van der Waals surface area contributed by atoms with Gasteiger partial charge in [0.05, 0.1) is 19.0 Å². The third-order valence-corrected chi connectivity index (χ3v) is 3.27. The zero-order valence-electron chi connectivity index (χ0n) is 11.2. The predicted molar refractivity (Wildman–Crippen MR) is 70.4 cm³/mol. The molecule has 0 amide bonds.